The van der Waals surface area contributed by atoms with Crippen molar-refractivity contribution in [3.05, 3.63) is 29.3 Å². The average molecular weight is 305 g/mol. The Hall–Kier alpha value is -1.92. The van der Waals surface area contributed by atoms with Crippen LogP contribution in [0.2, 0.25) is 0 Å². The van der Waals surface area contributed by atoms with Crippen molar-refractivity contribution in [1.29, 1.82) is 0 Å². The second-order valence-electron chi connectivity index (χ2n) is 5.71. The fourth-order valence-electron chi connectivity index (χ4n) is 2.61. The highest BCUT2D eigenvalue weighted by Gasteiger charge is 2.29. The van der Waals surface area contributed by atoms with Crippen molar-refractivity contribution in [2.45, 2.75) is 26.3 Å². The highest BCUT2D eigenvalue weighted by atomic mass is 16.4. The Balaban J connectivity index is 2.01. The number of carboxylic acids is 1. The molecule has 6 nitrogen and oxygen atoms in total. The van der Waals surface area contributed by atoms with E-state index in [1.54, 1.807) is 0 Å². The fourth-order valence-corrected chi connectivity index (χ4v) is 2.61. The van der Waals surface area contributed by atoms with Crippen LogP contribution >= 0.6 is 0 Å². The molecule has 2 rings (SSSR count). The molecule has 0 aliphatic carbocycles. The van der Waals surface area contributed by atoms with Crippen molar-refractivity contribution in [3.8, 4) is 0 Å². The van der Waals surface area contributed by atoms with Crippen LogP contribution in [0.1, 0.15) is 17.5 Å². The minimum Gasteiger partial charge on any atom is -0.480 e. The maximum atomic E-state index is 12.2. The fraction of sp³-hybridized carbons (Fsp3) is 0.500. The third-order valence-electron chi connectivity index (χ3n) is 3.92. The summed E-state index contributed by atoms with van der Waals surface area (Å²) in [6, 6.07) is 5.04. The van der Waals surface area contributed by atoms with Crippen molar-refractivity contribution in [3.63, 3.8) is 0 Å². The maximum absolute atomic E-state index is 12.2. The minimum absolute atomic E-state index is 0.0390. The molecule has 1 aliphatic heterocycles. The first-order valence-corrected chi connectivity index (χ1v) is 7.52. The number of carboxylic acid groups (broad SMARTS) is 1. The molecule has 1 atom stereocenters. The van der Waals surface area contributed by atoms with E-state index in [9.17, 15) is 14.7 Å². The van der Waals surface area contributed by atoms with Crippen molar-refractivity contribution < 1.29 is 14.7 Å². The monoisotopic (exact) mass is 305 g/mol. The first-order valence-electron chi connectivity index (χ1n) is 7.52. The largest absolute Gasteiger partial charge is 0.480 e. The van der Waals surface area contributed by atoms with Gasteiger partial charge in [-0.3, -0.25) is 14.5 Å². The number of carbonyl (C=O) groups is 2. The van der Waals surface area contributed by atoms with Gasteiger partial charge in [0.15, 0.2) is 0 Å². The number of benzene rings is 1. The van der Waals surface area contributed by atoms with Crippen LogP contribution in [0.5, 0.6) is 0 Å². The van der Waals surface area contributed by atoms with Crippen molar-refractivity contribution in [2.24, 2.45) is 0 Å². The number of rotatable bonds is 5. The molecular formula is C16H23N3O3. The summed E-state index contributed by atoms with van der Waals surface area (Å²) in [4.78, 5) is 25.5. The van der Waals surface area contributed by atoms with E-state index in [-0.39, 0.29) is 12.3 Å². The first-order chi connectivity index (χ1) is 10.5. The molecule has 1 aromatic carbocycles. The van der Waals surface area contributed by atoms with E-state index >= 15 is 0 Å². The molecule has 1 fully saturated rings. The van der Waals surface area contributed by atoms with E-state index in [0.717, 1.165) is 29.9 Å². The lowest BCUT2D eigenvalue weighted by atomic mass is 10.1. The molecule has 1 saturated heterocycles. The quantitative estimate of drug-likeness (QED) is 0.756. The highest BCUT2D eigenvalue weighted by Crippen LogP contribution is 2.17. The summed E-state index contributed by atoms with van der Waals surface area (Å²) in [7, 11) is 0. The van der Waals surface area contributed by atoms with Gasteiger partial charge in [-0.15, -0.1) is 0 Å². The SMILES string of the molecule is Cc1ccc(C)c(NC(=O)C[C@@H](C(=O)O)N2CCNCC2)c1. The van der Waals surface area contributed by atoms with Gasteiger partial charge in [-0.2, -0.15) is 0 Å². The van der Waals surface area contributed by atoms with Crippen LogP contribution in [0.25, 0.3) is 0 Å². The molecule has 0 saturated carbocycles. The van der Waals surface area contributed by atoms with Crippen LogP contribution in [0.3, 0.4) is 0 Å². The van der Waals surface area contributed by atoms with Crippen molar-refractivity contribution in [1.82, 2.24) is 10.2 Å². The molecule has 0 bridgehead atoms. The van der Waals surface area contributed by atoms with Gasteiger partial charge < -0.3 is 15.7 Å². The van der Waals surface area contributed by atoms with Crippen molar-refractivity contribution >= 4 is 17.6 Å². The van der Waals surface area contributed by atoms with Gasteiger partial charge in [-0.25, -0.2) is 0 Å². The van der Waals surface area contributed by atoms with Gasteiger partial charge in [0.25, 0.3) is 0 Å². The van der Waals surface area contributed by atoms with Crippen LogP contribution in [-0.4, -0.2) is 54.1 Å². The van der Waals surface area contributed by atoms with E-state index in [0.29, 0.717) is 13.1 Å². The molecule has 1 amide bonds. The van der Waals surface area contributed by atoms with Crippen molar-refractivity contribution in [2.75, 3.05) is 31.5 Å². The number of piperazine rings is 1. The van der Waals surface area contributed by atoms with Crippen LogP contribution in [0, 0.1) is 13.8 Å². The smallest absolute Gasteiger partial charge is 0.321 e. The first kappa shape index (κ1) is 16.5. The van der Waals surface area contributed by atoms with Gasteiger partial charge in [0.1, 0.15) is 6.04 Å². The number of hydrogen-bond donors (Lipinski definition) is 3. The van der Waals surface area contributed by atoms with Gasteiger partial charge in [-0.05, 0) is 31.0 Å². The molecule has 0 unspecified atom stereocenters. The standard InChI is InChI=1S/C16H23N3O3/c1-11-3-4-12(2)13(9-11)18-15(20)10-14(16(21)22)19-7-5-17-6-8-19/h3-4,9,14,17H,5-8,10H2,1-2H3,(H,18,20)(H,21,22)/t14-/m0/s1. The van der Waals surface area contributed by atoms with Gasteiger partial charge in [0.2, 0.25) is 5.91 Å². The molecule has 1 aromatic rings. The predicted octanol–water partition coefficient (Wildman–Crippen LogP) is 0.990. The summed E-state index contributed by atoms with van der Waals surface area (Å²) in [6.07, 6.45) is -0.0390. The zero-order valence-corrected chi connectivity index (χ0v) is 13.1. The van der Waals surface area contributed by atoms with E-state index < -0.39 is 12.0 Å². The van der Waals surface area contributed by atoms with Crippen LogP contribution < -0.4 is 10.6 Å². The Morgan fingerprint density at radius 1 is 1.32 bits per heavy atom. The molecule has 22 heavy (non-hydrogen) atoms. The number of anilines is 1. The summed E-state index contributed by atoms with van der Waals surface area (Å²) >= 11 is 0. The molecule has 6 heteroatoms. The number of aliphatic carboxylic acids is 1. The zero-order chi connectivity index (χ0) is 16.1. The summed E-state index contributed by atoms with van der Waals surface area (Å²) in [5.41, 5.74) is 2.76. The third-order valence-corrected chi connectivity index (χ3v) is 3.92. The molecule has 1 heterocycles. The second-order valence-corrected chi connectivity index (χ2v) is 5.71. The summed E-state index contributed by atoms with van der Waals surface area (Å²) < 4.78 is 0. The molecule has 120 valence electrons. The average Bonchev–Trinajstić information content (AvgIpc) is 2.49. The minimum atomic E-state index is -0.946. The second kappa shape index (κ2) is 7.38. The number of hydrogen-bond acceptors (Lipinski definition) is 4. The summed E-state index contributed by atoms with van der Waals surface area (Å²) in [5, 5.41) is 15.4. The lowest BCUT2D eigenvalue weighted by molar-refractivity contribution is -0.145. The number of carbonyl (C=O) groups excluding carboxylic acids is 1. The number of nitrogens with zero attached hydrogens (tertiary/aromatic N) is 1. The molecule has 0 radical (unpaired) electrons. The van der Waals surface area contributed by atoms with Gasteiger partial charge in [0, 0.05) is 31.9 Å². The molecule has 1 aliphatic rings. The van der Waals surface area contributed by atoms with E-state index in [4.69, 9.17) is 0 Å². The maximum Gasteiger partial charge on any atom is 0.321 e. The van der Waals surface area contributed by atoms with Gasteiger partial charge in [0.05, 0.1) is 6.42 Å². The Morgan fingerprint density at radius 2 is 2.00 bits per heavy atom. The Kier molecular flexibility index (Phi) is 5.51. The molecule has 0 aromatic heterocycles. The highest BCUT2D eigenvalue weighted by molar-refractivity contribution is 5.94. The number of nitrogens with one attached hydrogen (secondary N) is 2. The number of amides is 1. The predicted molar refractivity (Wildman–Crippen MR) is 85.0 cm³/mol. The topological polar surface area (TPSA) is 81.7 Å². The van der Waals surface area contributed by atoms with E-state index in [1.807, 2.05) is 36.9 Å². The van der Waals surface area contributed by atoms with Gasteiger partial charge in [-0.1, -0.05) is 12.1 Å². The lowest BCUT2D eigenvalue weighted by Gasteiger charge is -2.32. The van der Waals surface area contributed by atoms with E-state index in [2.05, 4.69) is 10.6 Å². The molecular weight excluding hydrogens is 282 g/mol. The lowest BCUT2D eigenvalue weighted by Crippen LogP contribution is -2.52. The van der Waals surface area contributed by atoms with Crippen LogP contribution in [0.4, 0.5) is 5.69 Å². The van der Waals surface area contributed by atoms with Gasteiger partial charge >= 0.3 is 5.97 Å². The van der Waals surface area contributed by atoms with Crippen LogP contribution in [-0.2, 0) is 9.59 Å². The summed E-state index contributed by atoms with van der Waals surface area (Å²) in [5.74, 6) is -1.21. The Bertz CT molecular complexity index is 554. The zero-order valence-electron chi connectivity index (χ0n) is 13.1. The van der Waals surface area contributed by atoms with Crippen LogP contribution in [0.15, 0.2) is 18.2 Å². The van der Waals surface area contributed by atoms with E-state index in [1.165, 1.54) is 0 Å². The Morgan fingerprint density at radius 3 is 2.64 bits per heavy atom. The molecule has 0 spiro atoms. The molecule has 3 N–H and O–H groups in total. The summed E-state index contributed by atoms with van der Waals surface area (Å²) in [6.45, 7) is 6.67. The third kappa shape index (κ3) is 4.29. The normalized spacial score (nSPS) is 17.0. The Labute approximate surface area is 130 Å². The number of aryl methyl sites for hydroxylation is 2.